The Kier molecular flexibility index (Phi) is 8.51. The number of nitrogens with zero attached hydrogens (tertiary/aromatic N) is 4. The van der Waals surface area contributed by atoms with Gasteiger partial charge in [-0.25, -0.2) is 4.98 Å². The van der Waals surface area contributed by atoms with Gasteiger partial charge >= 0.3 is 0 Å². The van der Waals surface area contributed by atoms with Crippen molar-refractivity contribution in [2.75, 3.05) is 26.2 Å². The summed E-state index contributed by atoms with van der Waals surface area (Å²) in [4.78, 5) is 6.41. The molecule has 2 N–H and O–H groups in total. The molecule has 0 unspecified atom stereocenters. The van der Waals surface area contributed by atoms with Gasteiger partial charge in [0, 0.05) is 6.54 Å². The van der Waals surface area contributed by atoms with Gasteiger partial charge in [0.15, 0.2) is 0 Å². The Balaban J connectivity index is 0.00000128. The van der Waals surface area contributed by atoms with E-state index in [1.807, 2.05) is 4.68 Å². The lowest BCUT2D eigenvalue weighted by Gasteiger charge is -2.31. The van der Waals surface area contributed by atoms with Crippen molar-refractivity contribution in [3.63, 3.8) is 0 Å². The molecule has 100 valence electrons. The lowest BCUT2D eigenvalue weighted by Crippen LogP contribution is -2.37. The van der Waals surface area contributed by atoms with Crippen molar-refractivity contribution < 1.29 is 0 Å². The van der Waals surface area contributed by atoms with Gasteiger partial charge in [0.1, 0.15) is 12.7 Å². The fraction of sp³-hybridized carbons (Fsp3) is 0.800. The topological polar surface area (TPSA) is 60.0 Å². The SMILES string of the molecule is Cl.Cl.NCC1CCN(CCn2cncn2)CC1. The molecule has 1 saturated heterocycles. The minimum absolute atomic E-state index is 0. The first-order valence-corrected chi connectivity index (χ1v) is 5.63. The van der Waals surface area contributed by atoms with Crippen LogP contribution in [0.5, 0.6) is 0 Å². The van der Waals surface area contributed by atoms with Crippen LogP contribution >= 0.6 is 24.8 Å². The van der Waals surface area contributed by atoms with Crippen LogP contribution in [0.1, 0.15) is 12.8 Å². The van der Waals surface area contributed by atoms with Crippen LogP contribution in [0.15, 0.2) is 12.7 Å². The zero-order valence-corrected chi connectivity index (χ0v) is 11.5. The maximum Gasteiger partial charge on any atom is 0.137 e. The highest BCUT2D eigenvalue weighted by Crippen LogP contribution is 2.15. The standard InChI is InChI=1S/C10H19N5.2ClH/c11-7-10-1-3-14(4-2-10)5-6-15-9-12-8-13-15;;/h8-10H,1-7,11H2;2*1H. The van der Waals surface area contributed by atoms with Crippen molar-refractivity contribution in [1.29, 1.82) is 0 Å². The van der Waals surface area contributed by atoms with Gasteiger partial charge < -0.3 is 10.6 Å². The van der Waals surface area contributed by atoms with Crippen molar-refractivity contribution >= 4 is 24.8 Å². The lowest BCUT2D eigenvalue weighted by molar-refractivity contribution is 0.180. The predicted molar refractivity (Wildman–Crippen MR) is 72.7 cm³/mol. The Labute approximate surface area is 115 Å². The molecule has 17 heavy (non-hydrogen) atoms. The highest BCUT2D eigenvalue weighted by atomic mass is 35.5. The van der Waals surface area contributed by atoms with Crippen molar-refractivity contribution in [2.24, 2.45) is 11.7 Å². The molecule has 1 aliphatic rings. The minimum Gasteiger partial charge on any atom is -0.330 e. The number of hydrogen-bond acceptors (Lipinski definition) is 4. The van der Waals surface area contributed by atoms with Gasteiger partial charge in [0.25, 0.3) is 0 Å². The van der Waals surface area contributed by atoms with Gasteiger partial charge in [-0.05, 0) is 38.4 Å². The van der Waals surface area contributed by atoms with E-state index in [-0.39, 0.29) is 24.8 Å². The predicted octanol–water partition coefficient (Wildman–Crippen LogP) is 0.792. The molecule has 5 nitrogen and oxygen atoms in total. The highest BCUT2D eigenvalue weighted by molar-refractivity contribution is 5.85. The van der Waals surface area contributed by atoms with Crippen molar-refractivity contribution in [1.82, 2.24) is 19.7 Å². The Morgan fingerprint density at radius 2 is 1.88 bits per heavy atom. The molecule has 7 heteroatoms. The molecular formula is C10H21Cl2N5. The van der Waals surface area contributed by atoms with E-state index in [4.69, 9.17) is 5.73 Å². The monoisotopic (exact) mass is 281 g/mol. The summed E-state index contributed by atoms with van der Waals surface area (Å²) in [6.07, 6.45) is 5.84. The number of halogens is 2. The fourth-order valence-corrected chi connectivity index (χ4v) is 2.04. The molecule has 0 radical (unpaired) electrons. The van der Waals surface area contributed by atoms with Crippen molar-refractivity contribution in [3.8, 4) is 0 Å². The average molecular weight is 282 g/mol. The van der Waals surface area contributed by atoms with Gasteiger partial charge in [0.2, 0.25) is 0 Å². The molecule has 1 fully saturated rings. The second kappa shape index (κ2) is 8.69. The molecule has 2 heterocycles. The Bertz CT molecular complexity index is 272. The molecule has 0 atom stereocenters. The summed E-state index contributed by atoms with van der Waals surface area (Å²) in [5.74, 6) is 0.743. The molecule has 0 aromatic carbocycles. The van der Waals surface area contributed by atoms with Gasteiger partial charge in [-0.3, -0.25) is 4.68 Å². The van der Waals surface area contributed by atoms with Crippen LogP contribution < -0.4 is 5.73 Å². The summed E-state index contributed by atoms with van der Waals surface area (Å²) < 4.78 is 1.88. The number of nitrogens with two attached hydrogens (primary N) is 1. The quantitative estimate of drug-likeness (QED) is 0.887. The van der Waals surface area contributed by atoms with Crippen LogP contribution in [0, 0.1) is 5.92 Å². The molecule has 0 spiro atoms. The summed E-state index contributed by atoms with van der Waals surface area (Å²) in [6.45, 7) is 5.21. The summed E-state index contributed by atoms with van der Waals surface area (Å²) >= 11 is 0. The van der Waals surface area contributed by atoms with Gasteiger partial charge in [0.05, 0.1) is 6.54 Å². The Morgan fingerprint density at radius 1 is 1.18 bits per heavy atom. The Hall–Kier alpha value is -0.360. The van der Waals surface area contributed by atoms with Crippen LogP contribution in [0.25, 0.3) is 0 Å². The van der Waals surface area contributed by atoms with E-state index >= 15 is 0 Å². The maximum absolute atomic E-state index is 5.66. The number of likely N-dealkylation sites (tertiary alicyclic amines) is 1. The van der Waals surface area contributed by atoms with E-state index in [9.17, 15) is 0 Å². The molecule has 0 aliphatic carbocycles. The first kappa shape index (κ1) is 16.6. The van der Waals surface area contributed by atoms with Crippen LogP contribution in [0.3, 0.4) is 0 Å². The summed E-state index contributed by atoms with van der Waals surface area (Å²) in [7, 11) is 0. The molecule has 0 amide bonds. The van der Waals surface area contributed by atoms with E-state index < -0.39 is 0 Å². The molecule has 0 saturated carbocycles. The van der Waals surface area contributed by atoms with E-state index in [1.54, 1.807) is 12.7 Å². The highest BCUT2D eigenvalue weighted by Gasteiger charge is 2.17. The molecule has 1 aromatic rings. The third-order valence-corrected chi connectivity index (χ3v) is 3.15. The smallest absolute Gasteiger partial charge is 0.137 e. The van der Waals surface area contributed by atoms with Crippen LogP contribution in [-0.4, -0.2) is 45.8 Å². The average Bonchev–Trinajstić information content (AvgIpc) is 2.80. The third kappa shape index (κ3) is 5.21. The second-order valence-electron chi connectivity index (χ2n) is 4.18. The Morgan fingerprint density at radius 3 is 2.41 bits per heavy atom. The molecular weight excluding hydrogens is 261 g/mol. The van der Waals surface area contributed by atoms with E-state index in [0.29, 0.717) is 0 Å². The fourth-order valence-electron chi connectivity index (χ4n) is 2.04. The maximum atomic E-state index is 5.66. The van der Waals surface area contributed by atoms with E-state index in [1.165, 1.54) is 25.9 Å². The molecule has 2 rings (SSSR count). The van der Waals surface area contributed by atoms with Crippen LogP contribution in [0.4, 0.5) is 0 Å². The first-order chi connectivity index (χ1) is 7.38. The van der Waals surface area contributed by atoms with E-state index in [2.05, 4.69) is 15.0 Å². The summed E-state index contributed by atoms with van der Waals surface area (Å²) in [5, 5.41) is 4.09. The second-order valence-corrected chi connectivity index (χ2v) is 4.18. The minimum atomic E-state index is 0. The third-order valence-electron chi connectivity index (χ3n) is 3.15. The molecule has 0 bridgehead atoms. The zero-order valence-electron chi connectivity index (χ0n) is 9.86. The first-order valence-electron chi connectivity index (χ1n) is 5.63. The number of hydrogen-bond donors (Lipinski definition) is 1. The van der Waals surface area contributed by atoms with Crippen LogP contribution in [0.2, 0.25) is 0 Å². The molecule has 1 aromatic heterocycles. The summed E-state index contributed by atoms with van der Waals surface area (Å²) in [5.41, 5.74) is 5.66. The van der Waals surface area contributed by atoms with Crippen LogP contribution in [-0.2, 0) is 6.54 Å². The number of rotatable bonds is 4. The summed E-state index contributed by atoms with van der Waals surface area (Å²) in [6, 6.07) is 0. The van der Waals surface area contributed by atoms with Gasteiger partial charge in [-0.2, -0.15) is 5.10 Å². The van der Waals surface area contributed by atoms with Crippen molar-refractivity contribution in [3.05, 3.63) is 12.7 Å². The van der Waals surface area contributed by atoms with Crippen molar-refractivity contribution in [2.45, 2.75) is 19.4 Å². The lowest BCUT2D eigenvalue weighted by atomic mass is 9.97. The normalized spacial score (nSPS) is 17.2. The largest absolute Gasteiger partial charge is 0.330 e. The number of aromatic nitrogens is 3. The van der Waals surface area contributed by atoms with E-state index in [0.717, 1.165) is 25.6 Å². The van der Waals surface area contributed by atoms with Gasteiger partial charge in [-0.1, -0.05) is 0 Å². The molecule has 1 aliphatic heterocycles. The van der Waals surface area contributed by atoms with Gasteiger partial charge in [-0.15, -0.1) is 24.8 Å². The zero-order chi connectivity index (χ0) is 10.5. The number of piperidine rings is 1.